The van der Waals surface area contributed by atoms with Crippen LogP contribution in [0.3, 0.4) is 0 Å². The van der Waals surface area contributed by atoms with E-state index in [9.17, 15) is 9.59 Å². The second kappa shape index (κ2) is 5.93. The van der Waals surface area contributed by atoms with Gasteiger partial charge in [-0.15, -0.1) is 0 Å². The molecule has 0 heterocycles. The van der Waals surface area contributed by atoms with E-state index in [4.69, 9.17) is 4.84 Å². The van der Waals surface area contributed by atoms with Crippen molar-refractivity contribution in [3.63, 3.8) is 0 Å². The second-order valence-electron chi connectivity index (χ2n) is 8.70. The van der Waals surface area contributed by atoms with Crippen LogP contribution in [0, 0.1) is 23.2 Å². The minimum absolute atomic E-state index is 0.140. The Hall–Kier alpha value is -2.17. The van der Waals surface area contributed by atoms with Crippen molar-refractivity contribution >= 4 is 17.6 Å². The van der Waals surface area contributed by atoms with E-state index in [-0.39, 0.29) is 16.7 Å². The predicted octanol–water partition coefficient (Wildman–Crippen LogP) is 3.81. The maximum absolute atomic E-state index is 13.0. The molecule has 0 aromatic heterocycles. The fourth-order valence-corrected chi connectivity index (χ4v) is 4.76. The molecule has 2 saturated carbocycles. The summed E-state index contributed by atoms with van der Waals surface area (Å²) in [4.78, 5) is 32.2. The molecule has 1 aromatic rings. The standard InChI is InChI=1S/C21H28N2O3/c1-14-7-9-15(10-8-14)17(24)26-22-16-13-21(18(25)23(5)6)12-11-20(16,4)19(21,2)3/h7-10H,11-13H2,1-6H3. The lowest BCUT2D eigenvalue weighted by atomic mass is 9.64. The van der Waals surface area contributed by atoms with Gasteiger partial charge in [0.05, 0.1) is 16.7 Å². The quantitative estimate of drug-likeness (QED) is 0.611. The topological polar surface area (TPSA) is 59.0 Å². The van der Waals surface area contributed by atoms with Crippen molar-refractivity contribution in [2.75, 3.05) is 14.1 Å². The first-order valence-electron chi connectivity index (χ1n) is 9.12. The molecule has 140 valence electrons. The Bertz CT molecular complexity index is 779. The highest BCUT2D eigenvalue weighted by Crippen LogP contribution is 2.71. The summed E-state index contributed by atoms with van der Waals surface area (Å²) >= 11 is 0. The molecule has 0 aliphatic heterocycles. The molecule has 3 rings (SSSR count). The van der Waals surface area contributed by atoms with Crippen LogP contribution in [0.15, 0.2) is 29.4 Å². The number of nitrogens with zero attached hydrogens (tertiary/aromatic N) is 2. The highest BCUT2D eigenvalue weighted by atomic mass is 16.7. The van der Waals surface area contributed by atoms with Crippen LogP contribution in [0.5, 0.6) is 0 Å². The lowest BCUT2D eigenvalue weighted by molar-refractivity contribution is -0.144. The van der Waals surface area contributed by atoms with Gasteiger partial charge in [0.15, 0.2) is 0 Å². The fraction of sp³-hybridized carbons (Fsp3) is 0.571. The zero-order chi connectivity index (χ0) is 19.3. The molecule has 0 radical (unpaired) electrons. The Labute approximate surface area is 155 Å². The maximum atomic E-state index is 13.0. The van der Waals surface area contributed by atoms with Crippen LogP contribution in [-0.4, -0.2) is 36.6 Å². The van der Waals surface area contributed by atoms with Crippen molar-refractivity contribution < 1.29 is 14.4 Å². The summed E-state index contributed by atoms with van der Waals surface area (Å²) < 4.78 is 0. The molecular formula is C21H28N2O3. The van der Waals surface area contributed by atoms with E-state index in [0.717, 1.165) is 24.1 Å². The SMILES string of the molecule is Cc1ccc(C(=O)ON=C2CC3(C(=O)N(C)C)CCC2(C)C3(C)C)cc1. The third kappa shape index (κ3) is 2.40. The van der Waals surface area contributed by atoms with E-state index in [2.05, 4.69) is 25.9 Å². The molecule has 2 bridgehead atoms. The summed E-state index contributed by atoms with van der Waals surface area (Å²) in [5, 5.41) is 4.26. The number of fused-ring (bicyclic) bond motifs is 2. The molecule has 1 aromatic carbocycles. The third-order valence-electron chi connectivity index (χ3n) is 7.08. The fourth-order valence-electron chi connectivity index (χ4n) is 4.76. The lowest BCUT2D eigenvalue weighted by Gasteiger charge is -2.40. The van der Waals surface area contributed by atoms with Gasteiger partial charge < -0.3 is 9.74 Å². The first-order chi connectivity index (χ1) is 12.0. The minimum Gasteiger partial charge on any atom is -0.348 e. The van der Waals surface area contributed by atoms with Gasteiger partial charge in [-0.3, -0.25) is 4.79 Å². The first-order valence-corrected chi connectivity index (χ1v) is 9.12. The minimum atomic E-state index is -0.472. The molecule has 0 N–H and O–H groups in total. The molecule has 2 fully saturated rings. The normalized spacial score (nSPS) is 30.5. The van der Waals surface area contributed by atoms with Gasteiger partial charge >= 0.3 is 5.97 Å². The van der Waals surface area contributed by atoms with E-state index < -0.39 is 11.4 Å². The number of hydrogen-bond acceptors (Lipinski definition) is 4. The highest BCUT2D eigenvalue weighted by molar-refractivity contribution is 6.02. The van der Waals surface area contributed by atoms with Crippen molar-refractivity contribution in [1.29, 1.82) is 0 Å². The summed E-state index contributed by atoms with van der Waals surface area (Å²) in [7, 11) is 3.60. The predicted molar refractivity (Wildman–Crippen MR) is 101 cm³/mol. The van der Waals surface area contributed by atoms with E-state index in [1.54, 1.807) is 31.1 Å². The molecule has 1 amide bonds. The van der Waals surface area contributed by atoms with Crippen LogP contribution in [0.25, 0.3) is 0 Å². The van der Waals surface area contributed by atoms with Crippen molar-refractivity contribution in [1.82, 2.24) is 4.90 Å². The summed E-state index contributed by atoms with van der Waals surface area (Å²) in [6.45, 7) is 8.40. The molecule has 2 aliphatic carbocycles. The van der Waals surface area contributed by atoms with Crippen LogP contribution < -0.4 is 0 Å². The van der Waals surface area contributed by atoms with Crippen LogP contribution in [0.4, 0.5) is 0 Å². The van der Waals surface area contributed by atoms with Gasteiger partial charge in [0, 0.05) is 25.9 Å². The summed E-state index contributed by atoms with van der Waals surface area (Å²) in [6, 6.07) is 7.22. The first kappa shape index (κ1) is 18.6. The number of carbonyl (C=O) groups excluding carboxylic acids is 2. The molecule has 2 aliphatic rings. The van der Waals surface area contributed by atoms with Crippen molar-refractivity contribution in [2.45, 2.75) is 47.0 Å². The van der Waals surface area contributed by atoms with Gasteiger partial charge in [-0.25, -0.2) is 4.79 Å². The van der Waals surface area contributed by atoms with Gasteiger partial charge in [0.25, 0.3) is 0 Å². The number of rotatable bonds is 3. The maximum Gasteiger partial charge on any atom is 0.365 e. The van der Waals surface area contributed by atoms with Gasteiger partial charge in [-0.1, -0.05) is 43.6 Å². The Balaban J connectivity index is 1.88. The summed E-state index contributed by atoms with van der Waals surface area (Å²) in [5.41, 5.74) is 1.43. The molecule has 5 heteroatoms. The molecule has 0 saturated heterocycles. The summed E-state index contributed by atoms with van der Waals surface area (Å²) in [6.07, 6.45) is 2.27. The third-order valence-corrected chi connectivity index (χ3v) is 7.08. The number of benzene rings is 1. The van der Waals surface area contributed by atoms with Crippen molar-refractivity contribution in [3.05, 3.63) is 35.4 Å². The Morgan fingerprint density at radius 2 is 1.69 bits per heavy atom. The van der Waals surface area contributed by atoms with E-state index in [1.807, 2.05) is 19.1 Å². The second-order valence-corrected chi connectivity index (χ2v) is 8.70. The monoisotopic (exact) mass is 356 g/mol. The number of aryl methyl sites for hydroxylation is 1. The Morgan fingerprint density at radius 1 is 1.08 bits per heavy atom. The molecule has 2 unspecified atom stereocenters. The van der Waals surface area contributed by atoms with Gasteiger partial charge in [0.1, 0.15) is 0 Å². The highest BCUT2D eigenvalue weighted by Gasteiger charge is 2.72. The lowest BCUT2D eigenvalue weighted by Crippen LogP contribution is -2.46. The van der Waals surface area contributed by atoms with E-state index >= 15 is 0 Å². The van der Waals surface area contributed by atoms with Crippen molar-refractivity contribution in [3.8, 4) is 0 Å². The summed E-state index contributed by atoms with van der Waals surface area (Å²) in [5.74, 6) is -0.323. The number of hydrogen-bond donors (Lipinski definition) is 0. The Kier molecular flexibility index (Phi) is 4.25. The number of oxime groups is 1. The van der Waals surface area contributed by atoms with Gasteiger partial charge in [-0.05, 0) is 37.3 Å². The zero-order valence-electron chi connectivity index (χ0n) is 16.5. The number of carbonyl (C=O) groups is 2. The van der Waals surface area contributed by atoms with Crippen LogP contribution in [-0.2, 0) is 9.63 Å². The van der Waals surface area contributed by atoms with Crippen molar-refractivity contribution in [2.24, 2.45) is 21.4 Å². The average molecular weight is 356 g/mol. The van der Waals surface area contributed by atoms with Gasteiger partial charge in [0.2, 0.25) is 5.91 Å². The Morgan fingerprint density at radius 3 is 2.27 bits per heavy atom. The number of amides is 1. The smallest absolute Gasteiger partial charge is 0.348 e. The molecule has 2 atom stereocenters. The molecule has 26 heavy (non-hydrogen) atoms. The van der Waals surface area contributed by atoms with Crippen LogP contribution >= 0.6 is 0 Å². The molecule has 0 spiro atoms. The molecule has 5 nitrogen and oxygen atoms in total. The van der Waals surface area contributed by atoms with E-state index in [1.165, 1.54) is 0 Å². The largest absolute Gasteiger partial charge is 0.365 e. The zero-order valence-corrected chi connectivity index (χ0v) is 16.5. The average Bonchev–Trinajstić information content (AvgIpc) is 2.89. The molecular weight excluding hydrogens is 328 g/mol. The van der Waals surface area contributed by atoms with Crippen LogP contribution in [0.1, 0.15) is 56.0 Å². The van der Waals surface area contributed by atoms with Crippen LogP contribution in [0.2, 0.25) is 0 Å². The van der Waals surface area contributed by atoms with E-state index in [0.29, 0.717) is 12.0 Å². The van der Waals surface area contributed by atoms with Gasteiger partial charge in [-0.2, -0.15) is 0 Å².